The SMILES string of the molecule is CCNC1CCCCC1CN1CCC(OC)CC1. The van der Waals surface area contributed by atoms with Crippen LogP contribution in [0, 0.1) is 5.92 Å². The number of nitrogens with one attached hydrogen (secondary N) is 1. The third kappa shape index (κ3) is 3.94. The predicted octanol–water partition coefficient (Wildman–Crippen LogP) is 2.27. The molecule has 0 aromatic rings. The molecule has 0 aromatic carbocycles. The van der Waals surface area contributed by atoms with Crippen LogP contribution in [0.25, 0.3) is 0 Å². The molecule has 0 spiro atoms. The van der Waals surface area contributed by atoms with Gasteiger partial charge >= 0.3 is 0 Å². The molecule has 1 saturated carbocycles. The monoisotopic (exact) mass is 254 g/mol. The highest BCUT2D eigenvalue weighted by Crippen LogP contribution is 2.26. The van der Waals surface area contributed by atoms with E-state index in [0.717, 1.165) is 18.5 Å². The maximum Gasteiger partial charge on any atom is 0.0595 e. The van der Waals surface area contributed by atoms with Gasteiger partial charge in [0.05, 0.1) is 6.10 Å². The van der Waals surface area contributed by atoms with E-state index in [1.165, 1.54) is 58.2 Å². The fraction of sp³-hybridized carbons (Fsp3) is 1.00. The van der Waals surface area contributed by atoms with Gasteiger partial charge in [-0.3, -0.25) is 0 Å². The quantitative estimate of drug-likeness (QED) is 0.814. The van der Waals surface area contributed by atoms with Crippen molar-refractivity contribution in [3.63, 3.8) is 0 Å². The highest BCUT2D eigenvalue weighted by atomic mass is 16.5. The first-order chi connectivity index (χ1) is 8.83. The molecule has 2 fully saturated rings. The van der Waals surface area contributed by atoms with Crippen molar-refractivity contribution in [1.82, 2.24) is 10.2 Å². The second kappa shape index (κ2) is 7.46. The summed E-state index contributed by atoms with van der Waals surface area (Å²) in [7, 11) is 1.85. The van der Waals surface area contributed by atoms with Crippen LogP contribution in [0.1, 0.15) is 45.4 Å². The van der Waals surface area contributed by atoms with Crippen LogP contribution in [-0.2, 0) is 4.74 Å². The largest absolute Gasteiger partial charge is 0.381 e. The zero-order valence-electron chi connectivity index (χ0n) is 12.2. The van der Waals surface area contributed by atoms with E-state index in [9.17, 15) is 0 Å². The van der Waals surface area contributed by atoms with E-state index in [0.29, 0.717) is 6.10 Å². The Balaban J connectivity index is 1.77. The molecule has 0 bridgehead atoms. The Morgan fingerprint density at radius 3 is 2.50 bits per heavy atom. The number of likely N-dealkylation sites (tertiary alicyclic amines) is 1. The van der Waals surface area contributed by atoms with Crippen LogP contribution in [0.3, 0.4) is 0 Å². The molecule has 1 saturated heterocycles. The second-order valence-electron chi connectivity index (χ2n) is 5.94. The minimum atomic E-state index is 0.511. The summed E-state index contributed by atoms with van der Waals surface area (Å²) < 4.78 is 5.45. The summed E-state index contributed by atoms with van der Waals surface area (Å²) >= 11 is 0. The first kappa shape index (κ1) is 14.3. The number of rotatable bonds is 5. The number of nitrogens with zero attached hydrogens (tertiary/aromatic N) is 1. The van der Waals surface area contributed by atoms with E-state index in [-0.39, 0.29) is 0 Å². The van der Waals surface area contributed by atoms with Gasteiger partial charge in [0.25, 0.3) is 0 Å². The zero-order chi connectivity index (χ0) is 12.8. The van der Waals surface area contributed by atoms with Crippen LogP contribution < -0.4 is 5.32 Å². The first-order valence-electron chi connectivity index (χ1n) is 7.82. The van der Waals surface area contributed by atoms with Crippen LogP contribution in [0.15, 0.2) is 0 Å². The van der Waals surface area contributed by atoms with Crippen molar-refractivity contribution in [1.29, 1.82) is 0 Å². The minimum absolute atomic E-state index is 0.511. The average Bonchev–Trinajstić information content (AvgIpc) is 2.42. The molecule has 0 aromatic heterocycles. The van der Waals surface area contributed by atoms with Crippen molar-refractivity contribution in [3.8, 4) is 0 Å². The summed E-state index contributed by atoms with van der Waals surface area (Å²) in [4.78, 5) is 2.66. The van der Waals surface area contributed by atoms with E-state index < -0.39 is 0 Å². The molecule has 0 amide bonds. The lowest BCUT2D eigenvalue weighted by Gasteiger charge is -2.38. The first-order valence-corrected chi connectivity index (χ1v) is 7.82. The Kier molecular flexibility index (Phi) is 5.93. The Morgan fingerprint density at radius 1 is 1.11 bits per heavy atom. The third-order valence-corrected chi connectivity index (χ3v) is 4.74. The van der Waals surface area contributed by atoms with Gasteiger partial charge in [-0.05, 0) is 38.1 Å². The molecule has 2 unspecified atom stereocenters. The fourth-order valence-electron chi connectivity index (χ4n) is 3.62. The summed E-state index contributed by atoms with van der Waals surface area (Å²) in [5, 5.41) is 3.69. The molecule has 1 N–H and O–H groups in total. The molecule has 106 valence electrons. The van der Waals surface area contributed by atoms with Crippen LogP contribution in [-0.4, -0.2) is 50.3 Å². The lowest BCUT2D eigenvalue weighted by Crippen LogP contribution is -2.46. The lowest BCUT2D eigenvalue weighted by molar-refractivity contribution is 0.0322. The molecule has 1 heterocycles. The summed E-state index contributed by atoms with van der Waals surface area (Å²) in [5.41, 5.74) is 0. The third-order valence-electron chi connectivity index (χ3n) is 4.74. The molecule has 2 rings (SSSR count). The van der Waals surface area contributed by atoms with E-state index in [2.05, 4.69) is 17.1 Å². The molecular weight excluding hydrogens is 224 g/mol. The smallest absolute Gasteiger partial charge is 0.0595 e. The van der Waals surface area contributed by atoms with Crippen molar-refractivity contribution >= 4 is 0 Å². The average molecular weight is 254 g/mol. The van der Waals surface area contributed by atoms with Crippen LogP contribution >= 0.6 is 0 Å². The summed E-state index contributed by atoms with van der Waals surface area (Å²) in [6.45, 7) is 7.11. The van der Waals surface area contributed by atoms with Gasteiger partial charge in [0, 0.05) is 32.8 Å². The molecule has 3 nitrogen and oxygen atoms in total. The lowest BCUT2D eigenvalue weighted by atomic mass is 9.83. The number of hydrogen-bond donors (Lipinski definition) is 1. The van der Waals surface area contributed by atoms with Gasteiger partial charge < -0.3 is 15.0 Å². The number of methoxy groups -OCH3 is 1. The van der Waals surface area contributed by atoms with Gasteiger partial charge in [-0.1, -0.05) is 19.8 Å². The Bertz CT molecular complexity index is 225. The van der Waals surface area contributed by atoms with E-state index >= 15 is 0 Å². The van der Waals surface area contributed by atoms with Crippen molar-refractivity contribution in [2.24, 2.45) is 5.92 Å². The van der Waals surface area contributed by atoms with Crippen LogP contribution in [0.5, 0.6) is 0 Å². The molecule has 1 aliphatic carbocycles. The van der Waals surface area contributed by atoms with Gasteiger partial charge in [-0.2, -0.15) is 0 Å². The van der Waals surface area contributed by atoms with Crippen LogP contribution in [0.2, 0.25) is 0 Å². The van der Waals surface area contributed by atoms with E-state index in [4.69, 9.17) is 4.74 Å². The predicted molar refractivity (Wildman–Crippen MR) is 75.9 cm³/mol. The molecule has 0 radical (unpaired) electrons. The molecule has 1 aliphatic heterocycles. The van der Waals surface area contributed by atoms with Gasteiger partial charge in [0.1, 0.15) is 0 Å². The van der Waals surface area contributed by atoms with Gasteiger partial charge in [0.15, 0.2) is 0 Å². The van der Waals surface area contributed by atoms with Gasteiger partial charge in [-0.15, -0.1) is 0 Å². The number of piperidine rings is 1. The normalized spacial score (nSPS) is 31.7. The number of ether oxygens (including phenoxy) is 1. The molecule has 2 atom stereocenters. The fourth-order valence-corrected chi connectivity index (χ4v) is 3.62. The Morgan fingerprint density at radius 2 is 1.83 bits per heavy atom. The zero-order valence-corrected chi connectivity index (χ0v) is 12.2. The molecule has 3 heteroatoms. The van der Waals surface area contributed by atoms with Gasteiger partial charge in [0.2, 0.25) is 0 Å². The molecular formula is C15H30N2O. The van der Waals surface area contributed by atoms with Gasteiger partial charge in [-0.25, -0.2) is 0 Å². The Hall–Kier alpha value is -0.120. The standard InChI is InChI=1S/C15H30N2O/c1-3-16-15-7-5-4-6-13(15)12-17-10-8-14(18-2)9-11-17/h13-16H,3-12H2,1-2H3. The topological polar surface area (TPSA) is 24.5 Å². The summed E-state index contributed by atoms with van der Waals surface area (Å²) in [6.07, 6.45) is 8.59. The number of hydrogen-bond acceptors (Lipinski definition) is 3. The van der Waals surface area contributed by atoms with Crippen molar-refractivity contribution in [3.05, 3.63) is 0 Å². The van der Waals surface area contributed by atoms with E-state index in [1.54, 1.807) is 0 Å². The minimum Gasteiger partial charge on any atom is -0.381 e. The van der Waals surface area contributed by atoms with Crippen LogP contribution in [0.4, 0.5) is 0 Å². The van der Waals surface area contributed by atoms with Crippen molar-refractivity contribution in [2.45, 2.75) is 57.6 Å². The maximum absolute atomic E-state index is 5.45. The highest BCUT2D eigenvalue weighted by molar-refractivity contribution is 4.84. The Labute approximate surface area is 112 Å². The highest BCUT2D eigenvalue weighted by Gasteiger charge is 2.27. The molecule has 2 aliphatic rings. The van der Waals surface area contributed by atoms with Crippen molar-refractivity contribution in [2.75, 3.05) is 33.3 Å². The second-order valence-corrected chi connectivity index (χ2v) is 5.94. The summed E-state index contributed by atoms with van der Waals surface area (Å²) in [6, 6.07) is 0.767. The van der Waals surface area contributed by atoms with E-state index in [1.807, 2.05) is 7.11 Å². The van der Waals surface area contributed by atoms with Crippen molar-refractivity contribution < 1.29 is 4.74 Å². The molecule has 18 heavy (non-hydrogen) atoms. The maximum atomic E-state index is 5.45. The summed E-state index contributed by atoms with van der Waals surface area (Å²) in [5.74, 6) is 0.873.